The maximum Gasteiger partial charge on any atom is 0.303 e. The summed E-state index contributed by atoms with van der Waals surface area (Å²) in [6.45, 7) is 6.23. The van der Waals surface area contributed by atoms with Crippen LogP contribution in [0, 0.1) is 0 Å². The second-order valence-corrected chi connectivity index (χ2v) is 9.12. The predicted octanol–water partition coefficient (Wildman–Crippen LogP) is 5.43. The summed E-state index contributed by atoms with van der Waals surface area (Å²) in [6, 6.07) is 9.54. The van der Waals surface area contributed by atoms with E-state index in [4.69, 9.17) is 30.2 Å². The molecule has 1 unspecified atom stereocenters. The summed E-state index contributed by atoms with van der Waals surface area (Å²) in [4.78, 5) is 22.5. The van der Waals surface area contributed by atoms with Crippen LogP contribution in [0.3, 0.4) is 0 Å². The number of aromatic nitrogens is 2. The summed E-state index contributed by atoms with van der Waals surface area (Å²) in [5.74, 6) is 1.20. The molecular formula is C26H29ClN4O5. The fourth-order valence-electron chi connectivity index (χ4n) is 3.76. The number of hydrogen-bond donors (Lipinski definition) is 1. The summed E-state index contributed by atoms with van der Waals surface area (Å²) in [6.07, 6.45) is 2.53. The Labute approximate surface area is 214 Å². The number of carbonyl (C=O) groups excluding carboxylic acids is 1. The first-order valence-electron chi connectivity index (χ1n) is 11.5. The van der Waals surface area contributed by atoms with Crippen LogP contribution in [-0.2, 0) is 9.53 Å². The fourth-order valence-corrected chi connectivity index (χ4v) is 3.95. The third-order valence-electron chi connectivity index (χ3n) is 5.86. The van der Waals surface area contributed by atoms with Gasteiger partial charge in [0, 0.05) is 36.3 Å². The number of esters is 1. The first kappa shape index (κ1) is 25.5. The molecule has 1 atom stereocenters. The highest BCUT2D eigenvalue weighted by molar-refractivity contribution is 6.35. The van der Waals surface area contributed by atoms with Crippen molar-refractivity contribution in [2.75, 3.05) is 32.6 Å². The lowest BCUT2D eigenvalue weighted by atomic mass is 10.2. The minimum absolute atomic E-state index is 0.163. The Morgan fingerprint density at radius 1 is 1.19 bits per heavy atom. The van der Waals surface area contributed by atoms with Gasteiger partial charge in [-0.2, -0.15) is 0 Å². The van der Waals surface area contributed by atoms with Gasteiger partial charge < -0.3 is 28.8 Å². The normalized spacial score (nSPS) is 12.3. The predicted molar refractivity (Wildman–Crippen MR) is 139 cm³/mol. The van der Waals surface area contributed by atoms with Crippen LogP contribution in [0.5, 0.6) is 11.5 Å². The second-order valence-electron chi connectivity index (χ2n) is 8.71. The maximum atomic E-state index is 11.6. The highest BCUT2D eigenvalue weighted by Crippen LogP contribution is 2.37. The minimum Gasteiger partial charge on any atom is -0.493 e. The number of methoxy groups -OCH3 is 1. The maximum absolute atomic E-state index is 11.6. The quantitative estimate of drug-likeness (QED) is 0.279. The number of halogens is 1. The number of furan rings is 1. The average Bonchev–Trinajstić information content (AvgIpc) is 3.23. The van der Waals surface area contributed by atoms with Crippen LogP contribution in [0.4, 0.5) is 11.5 Å². The molecule has 0 saturated carbocycles. The topological polar surface area (TPSA) is 98.9 Å². The molecule has 0 amide bonds. The molecule has 9 nitrogen and oxygen atoms in total. The van der Waals surface area contributed by atoms with Crippen molar-refractivity contribution in [1.82, 2.24) is 14.9 Å². The lowest BCUT2D eigenvalue weighted by Crippen LogP contribution is -2.39. The number of anilines is 2. The third kappa shape index (κ3) is 5.63. The Bertz CT molecular complexity index is 1370. The van der Waals surface area contributed by atoms with Gasteiger partial charge in [-0.05, 0) is 39.1 Å². The third-order valence-corrected chi connectivity index (χ3v) is 6.15. The molecule has 10 heteroatoms. The van der Waals surface area contributed by atoms with Crippen molar-refractivity contribution < 1.29 is 23.4 Å². The van der Waals surface area contributed by atoms with Crippen LogP contribution in [0.2, 0.25) is 5.02 Å². The van der Waals surface area contributed by atoms with E-state index in [1.165, 1.54) is 19.5 Å². The molecule has 1 N–H and O–H groups in total. The van der Waals surface area contributed by atoms with Crippen LogP contribution in [0.15, 0.2) is 47.3 Å². The Kier molecular flexibility index (Phi) is 7.81. The smallest absolute Gasteiger partial charge is 0.303 e. The van der Waals surface area contributed by atoms with E-state index in [1.54, 1.807) is 13.2 Å². The van der Waals surface area contributed by atoms with Crippen molar-refractivity contribution in [3.8, 4) is 11.5 Å². The van der Waals surface area contributed by atoms with Crippen molar-refractivity contribution in [1.29, 1.82) is 0 Å². The van der Waals surface area contributed by atoms with E-state index in [0.717, 1.165) is 16.5 Å². The number of rotatable bonds is 10. The van der Waals surface area contributed by atoms with Crippen molar-refractivity contribution in [2.45, 2.75) is 32.9 Å². The van der Waals surface area contributed by atoms with Crippen molar-refractivity contribution in [2.24, 2.45) is 0 Å². The number of benzene rings is 2. The van der Waals surface area contributed by atoms with Crippen LogP contribution in [-0.4, -0.2) is 60.3 Å². The molecule has 36 heavy (non-hydrogen) atoms. The van der Waals surface area contributed by atoms with Gasteiger partial charge in [0.2, 0.25) is 0 Å². The standard InChI is InChI=1S/C26H29ClN4O5/c1-15(2)31(4)11-17(36-16(3)32)12-34-24-10-22-19(9-23(24)33-5)26(29-14-28-22)30-21-8-6-7-18-20(27)13-35-25(18)21/h6-10,13-15,17H,11-12H2,1-5H3,(H,28,29,30). The van der Waals surface area contributed by atoms with Crippen molar-refractivity contribution in [3.63, 3.8) is 0 Å². The van der Waals surface area contributed by atoms with E-state index in [9.17, 15) is 4.79 Å². The van der Waals surface area contributed by atoms with E-state index < -0.39 is 6.10 Å². The molecule has 2 heterocycles. The van der Waals surface area contributed by atoms with Gasteiger partial charge in [0.05, 0.1) is 23.3 Å². The number of nitrogens with one attached hydrogen (secondary N) is 1. The molecule has 0 radical (unpaired) electrons. The molecule has 4 aromatic rings. The fraction of sp³-hybridized carbons (Fsp3) is 0.346. The lowest BCUT2D eigenvalue weighted by molar-refractivity contribution is -0.148. The highest BCUT2D eigenvalue weighted by Gasteiger charge is 2.20. The molecule has 4 rings (SSSR count). The van der Waals surface area contributed by atoms with Gasteiger partial charge in [-0.1, -0.05) is 17.7 Å². The molecular weight excluding hydrogens is 484 g/mol. The van der Waals surface area contributed by atoms with Gasteiger partial charge in [0.15, 0.2) is 17.1 Å². The Balaban J connectivity index is 1.61. The molecule has 2 aromatic heterocycles. The van der Waals surface area contributed by atoms with Gasteiger partial charge in [-0.25, -0.2) is 9.97 Å². The van der Waals surface area contributed by atoms with Crippen LogP contribution in [0.1, 0.15) is 20.8 Å². The molecule has 0 saturated heterocycles. The first-order valence-corrected chi connectivity index (χ1v) is 11.9. The molecule has 190 valence electrons. The summed E-state index contributed by atoms with van der Waals surface area (Å²) in [5.41, 5.74) is 2.00. The molecule has 0 bridgehead atoms. The average molecular weight is 513 g/mol. The SMILES string of the molecule is COc1cc2c(Nc3cccc4c(Cl)coc34)ncnc2cc1OCC(CN(C)C(C)C)OC(C)=O. The van der Waals surface area contributed by atoms with E-state index in [-0.39, 0.29) is 12.6 Å². The second kappa shape index (κ2) is 11.0. The van der Waals surface area contributed by atoms with E-state index in [0.29, 0.717) is 46.0 Å². The van der Waals surface area contributed by atoms with Gasteiger partial charge in [-0.15, -0.1) is 0 Å². The zero-order valence-corrected chi connectivity index (χ0v) is 21.6. The van der Waals surface area contributed by atoms with Crippen LogP contribution >= 0.6 is 11.6 Å². The Morgan fingerprint density at radius 2 is 2.00 bits per heavy atom. The van der Waals surface area contributed by atoms with Gasteiger partial charge in [-0.3, -0.25) is 4.79 Å². The monoisotopic (exact) mass is 512 g/mol. The lowest BCUT2D eigenvalue weighted by Gasteiger charge is -2.26. The van der Waals surface area contributed by atoms with Crippen LogP contribution < -0.4 is 14.8 Å². The number of likely N-dealkylation sites (N-methyl/N-ethyl adjacent to an activating group) is 1. The largest absolute Gasteiger partial charge is 0.493 e. The molecule has 0 aliphatic heterocycles. The van der Waals surface area contributed by atoms with Gasteiger partial charge in [0.25, 0.3) is 0 Å². The Morgan fingerprint density at radius 3 is 2.72 bits per heavy atom. The number of nitrogens with zero attached hydrogens (tertiary/aromatic N) is 3. The number of ether oxygens (including phenoxy) is 3. The number of fused-ring (bicyclic) bond motifs is 2. The molecule has 0 aliphatic carbocycles. The minimum atomic E-state index is -0.446. The van der Waals surface area contributed by atoms with E-state index in [1.807, 2.05) is 31.3 Å². The summed E-state index contributed by atoms with van der Waals surface area (Å²) in [7, 11) is 3.53. The highest BCUT2D eigenvalue weighted by atomic mass is 35.5. The van der Waals surface area contributed by atoms with E-state index >= 15 is 0 Å². The van der Waals surface area contributed by atoms with Crippen molar-refractivity contribution >= 4 is 50.9 Å². The Hall–Kier alpha value is -3.56. The van der Waals surface area contributed by atoms with Crippen LogP contribution in [0.25, 0.3) is 21.9 Å². The number of carbonyl (C=O) groups is 1. The zero-order chi connectivity index (χ0) is 25.8. The molecule has 0 aliphatic rings. The summed E-state index contributed by atoms with van der Waals surface area (Å²) >= 11 is 6.21. The van der Waals surface area contributed by atoms with Gasteiger partial charge in [0.1, 0.15) is 31.1 Å². The number of hydrogen-bond acceptors (Lipinski definition) is 9. The zero-order valence-electron chi connectivity index (χ0n) is 20.9. The van der Waals surface area contributed by atoms with Gasteiger partial charge >= 0.3 is 5.97 Å². The molecule has 0 fully saturated rings. The molecule has 0 spiro atoms. The first-order chi connectivity index (χ1) is 17.3. The van der Waals surface area contributed by atoms with Crippen molar-refractivity contribution in [3.05, 3.63) is 47.9 Å². The summed E-state index contributed by atoms with van der Waals surface area (Å²) < 4.78 is 22.8. The number of para-hydroxylation sites is 1. The summed E-state index contributed by atoms with van der Waals surface area (Å²) in [5, 5.41) is 5.39. The molecule has 2 aromatic carbocycles. The van der Waals surface area contributed by atoms with E-state index in [2.05, 4.69) is 34.0 Å².